The lowest BCUT2D eigenvalue weighted by atomic mass is 10.2. The zero-order chi connectivity index (χ0) is 13.0. The fraction of sp³-hybridized carbons (Fsp3) is 0.500. The predicted octanol–water partition coefficient (Wildman–Crippen LogP) is 1.30. The first-order valence-corrected chi connectivity index (χ1v) is 6.38. The summed E-state index contributed by atoms with van der Waals surface area (Å²) in [5.74, 6) is 2.03. The summed E-state index contributed by atoms with van der Waals surface area (Å²) in [7, 11) is 0. The van der Waals surface area contributed by atoms with Crippen LogP contribution in [-0.2, 0) is 11.3 Å². The molecule has 0 spiro atoms. The molecule has 1 saturated carbocycles. The summed E-state index contributed by atoms with van der Waals surface area (Å²) in [4.78, 5) is 11.6. The van der Waals surface area contributed by atoms with E-state index in [0.717, 1.165) is 18.0 Å². The average molecular weight is 248 g/mol. The Labute approximate surface area is 108 Å². The summed E-state index contributed by atoms with van der Waals surface area (Å²) in [6, 6.07) is 7.51. The summed E-state index contributed by atoms with van der Waals surface area (Å²) in [5.41, 5.74) is 6.52. The minimum Gasteiger partial charge on any atom is -0.483 e. The number of hydrogen-bond donors (Lipinski definition) is 2. The third kappa shape index (κ3) is 3.47. The zero-order valence-electron chi connectivity index (χ0n) is 10.7. The Morgan fingerprint density at radius 3 is 2.89 bits per heavy atom. The Kier molecular flexibility index (Phi) is 4.20. The largest absolute Gasteiger partial charge is 0.483 e. The molecule has 1 aliphatic rings. The van der Waals surface area contributed by atoms with E-state index in [2.05, 4.69) is 12.2 Å². The predicted molar refractivity (Wildman–Crippen MR) is 70.1 cm³/mol. The Morgan fingerprint density at radius 2 is 2.22 bits per heavy atom. The van der Waals surface area contributed by atoms with Crippen LogP contribution in [0.4, 0.5) is 0 Å². The van der Waals surface area contributed by atoms with Gasteiger partial charge < -0.3 is 15.8 Å². The van der Waals surface area contributed by atoms with E-state index in [1.165, 1.54) is 6.42 Å². The molecule has 2 rings (SSSR count). The molecule has 0 bridgehead atoms. The molecule has 0 heterocycles. The second kappa shape index (κ2) is 5.87. The standard InChI is InChI=1S/C14H20N2O2/c1-10-6-12(10)8-16-14(17)9-18-13-5-3-2-4-11(13)7-15/h2-5,10,12H,6-9,15H2,1H3,(H,16,17). The molecular formula is C14H20N2O2. The van der Waals surface area contributed by atoms with Crippen molar-refractivity contribution in [2.45, 2.75) is 19.9 Å². The van der Waals surface area contributed by atoms with Crippen LogP contribution in [-0.4, -0.2) is 19.1 Å². The van der Waals surface area contributed by atoms with Gasteiger partial charge in [0.1, 0.15) is 5.75 Å². The smallest absolute Gasteiger partial charge is 0.257 e. The maximum atomic E-state index is 11.6. The number of rotatable bonds is 6. The van der Waals surface area contributed by atoms with Gasteiger partial charge >= 0.3 is 0 Å². The number of carbonyl (C=O) groups excluding carboxylic acids is 1. The monoisotopic (exact) mass is 248 g/mol. The second-order valence-corrected chi connectivity index (χ2v) is 4.88. The molecule has 1 fully saturated rings. The molecule has 98 valence electrons. The lowest BCUT2D eigenvalue weighted by molar-refractivity contribution is -0.123. The van der Waals surface area contributed by atoms with Crippen LogP contribution in [0.2, 0.25) is 0 Å². The normalized spacial score (nSPS) is 21.4. The highest BCUT2D eigenvalue weighted by atomic mass is 16.5. The quantitative estimate of drug-likeness (QED) is 0.797. The van der Waals surface area contributed by atoms with Gasteiger partial charge in [0.2, 0.25) is 0 Å². The van der Waals surface area contributed by atoms with E-state index in [1.54, 1.807) is 0 Å². The van der Waals surface area contributed by atoms with Gasteiger partial charge in [-0.1, -0.05) is 25.1 Å². The van der Waals surface area contributed by atoms with Crippen LogP contribution < -0.4 is 15.8 Å². The number of nitrogens with one attached hydrogen (secondary N) is 1. The van der Waals surface area contributed by atoms with Crippen molar-refractivity contribution < 1.29 is 9.53 Å². The van der Waals surface area contributed by atoms with Crippen molar-refractivity contribution in [2.24, 2.45) is 17.6 Å². The number of amides is 1. The fourth-order valence-corrected chi connectivity index (χ4v) is 1.94. The Bertz CT molecular complexity index is 420. The van der Waals surface area contributed by atoms with Gasteiger partial charge in [-0.25, -0.2) is 0 Å². The summed E-state index contributed by atoms with van der Waals surface area (Å²) in [5, 5.41) is 2.89. The number of benzene rings is 1. The fourth-order valence-electron chi connectivity index (χ4n) is 1.94. The van der Waals surface area contributed by atoms with E-state index in [1.807, 2.05) is 24.3 Å². The highest BCUT2D eigenvalue weighted by molar-refractivity contribution is 5.77. The molecule has 3 N–H and O–H groups in total. The molecule has 18 heavy (non-hydrogen) atoms. The molecule has 1 aliphatic carbocycles. The van der Waals surface area contributed by atoms with Gasteiger partial charge in [-0.2, -0.15) is 0 Å². The van der Waals surface area contributed by atoms with Crippen molar-refractivity contribution in [2.75, 3.05) is 13.2 Å². The number of hydrogen-bond acceptors (Lipinski definition) is 3. The summed E-state index contributed by atoms with van der Waals surface area (Å²) < 4.78 is 5.48. The number of carbonyl (C=O) groups is 1. The van der Waals surface area contributed by atoms with Gasteiger partial charge in [0.25, 0.3) is 5.91 Å². The Morgan fingerprint density at radius 1 is 1.50 bits per heavy atom. The molecule has 4 heteroatoms. The van der Waals surface area contributed by atoms with Crippen molar-refractivity contribution in [1.82, 2.24) is 5.32 Å². The molecular weight excluding hydrogens is 228 g/mol. The first-order chi connectivity index (χ1) is 8.70. The SMILES string of the molecule is CC1CC1CNC(=O)COc1ccccc1CN. The number of ether oxygens (including phenoxy) is 1. The third-order valence-electron chi connectivity index (χ3n) is 3.39. The van der Waals surface area contributed by atoms with E-state index >= 15 is 0 Å². The molecule has 2 unspecified atom stereocenters. The molecule has 0 radical (unpaired) electrons. The van der Waals surface area contributed by atoms with Gasteiger partial charge in [0, 0.05) is 18.7 Å². The van der Waals surface area contributed by atoms with Crippen LogP contribution in [0.5, 0.6) is 5.75 Å². The van der Waals surface area contributed by atoms with E-state index < -0.39 is 0 Å². The molecule has 1 aromatic rings. The minimum absolute atomic E-state index is 0.0537. The second-order valence-electron chi connectivity index (χ2n) is 4.88. The highest BCUT2D eigenvalue weighted by Crippen LogP contribution is 2.36. The molecule has 4 nitrogen and oxygen atoms in total. The summed E-state index contributed by atoms with van der Waals surface area (Å²) >= 11 is 0. The van der Waals surface area contributed by atoms with Gasteiger partial charge in [-0.15, -0.1) is 0 Å². The molecule has 0 saturated heterocycles. The molecule has 2 atom stereocenters. The number of para-hydroxylation sites is 1. The van der Waals surface area contributed by atoms with E-state index in [4.69, 9.17) is 10.5 Å². The van der Waals surface area contributed by atoms with Crippen LogP contribution in [0.1, 0.15) is 18.9 Å². The van der Waals surface area contributed by atoms with Crippen molar-refractivity contribution in [1.29, 1.82) is 0 Å². The lowest BCUT2D eigenvalue weighted by Gasteiger charge is -2.10. The van der Waals surface area contributed by atoms with Gasteiger partial charge in [0.05, 0.1) is 0 Å². The van der Waals surface area contributed by atoms with Crippen LogP contribution >= 0.6 is 0 Å². The Balaban J connectivity index is 1.74. The van der Waals surface area contributed by atoms with Crippen LogP contribution in [0.3, 0.4) is 0 Å². The maximum Gasteiger partial charge on any atom is 0.257 e. The highest BCUT2D eigenvalue weighted by Gasteiger charge is 2.32. The zero-order valence-corrected chi connectivity index (χ0v) is 10.7. The molecule has 1 aromatic carbocycles. The molecule has 0 aromatic heterocycles. The molecule has 1 amide bonds. The summed E-state index contributed by atoms with van der Waals surface area (Å²) in [6.45, 7) is 3.43. The van der Waals surface area contributed by atoms with Gasteiger partial charge in [-0.3, -0.25) is 4.79 Å². The van der Waals surface area contributed by atoms with E-state index in [9.17, 15) is 4.79 Å². The van der Waals surface area contributed by atoms with Crippen molar-refractivity contribution >= 4 is 5.91 Å². The van der Waals surface area contributed by atoms with Crippen LogP contribution in [0.25, 0.3) is 0 Å². The van der Waals surface area contributed by atoms with E-state index in [0.29, 0.717) is 18.2 Å². The number of nitrogens with two attached hydrogens (primary N) is 1. The van der Waals surface area contributed by atoms with E-state index in [-0.39, 0.29) is 12.5 Å². The minimum atomic E-state index is -0.0686. The first-order valence-electron chi connectivity index (χ1n) is 6.38. The lowest BCUT2D eigenvalue weighted by Crippen LogP contribution is -2.30. The summed E-state index contributed by atoms with van der Waals surface area (Å²) in [6.07, 6.45) is 1.22. The van der Waals surface area contributed by atoms with Crippen molar-refractivity contribution in [3.63, 3.8) is 0 Å². The van der Waals surface area contributed by atoms with Crippen molar-refractivity contribution in [3.8, 4) is 5.75 Å². The first kappa shape index (κ1) is 12.9. The van der Waals surface area contributed by atoms with Crippen LogP contribution in [0.15, 0.2) is 24.3 Å². The van der Waals surface area contributed by atoms with Crippen molar-refractivity contribution in [3.05, 3.63) is 29.8 Å². The third-order valence-corrected chi connectivity index (χ3v) is 3.39. The van der Waals surface area contributed by atoms with Gasteiger partial charge in [-0.05, 0) is 24.3 Å². The Hall–Kier alpha value is -1.55. The maximum absolute atomic E-state index is 11.6. The average Bonchev–Trinajstić information content (AvgIpc) is 3.10. The van der Waals surface area contributed by atoms with Gasteiger partial charge in [0.15, 0.2) is 6.61 Å². The van der Waals surface area contributed by atoms with Crippen LogP contribution in [0, 0.1) is 11.8 Å². The topological polar surface area (TPSA) is 64.3 Å². The molecule has 0 aliphatic heterocycles.